The number of H-pyrrole nitrogens is 1. The molecule has 1 amide bonds. The highest BCUT2D eigenvalue weighted by atomic mass is 19.4. The topological polar surface area (TPSA) is 84.8 Å². The second-order valence-corrected chi connectivity index (χ2v) is 7.92. The van der Waals surface area contributed by atoms with Gasteiger partial charge in [0.1, 0.15) is 17.3 Å². The summed E-state index contributed by atoms with van der Waals surface area (Å²) in [5.74, 6) is 5.51. The first-order valence-electron chi connectivity index (χ1n) is 10.5. The molecule has 0 atom stereocenters. The van der Waals surface area contributed by atoms with Crippen LogP contribution in [0, 0.1) is 17.8 Å². The summed E-state index contributed by atoms with van der Waals surface area (Å²) >= 11 is 0. The molecule has 7 nitrogen and oxygen atoms in total. The molecule has 1 aliphatic rings. The lowest BCUT2D eigenvalue weighted by molar-refractivity contribution is -0.140. The van der Waals surface area contributed by atoms with Gasteiger partial charge in [0.2, 0.25) is 0 Å². The van der Waals surface area contributed by atoms with E-state index in [-0.39, 0.29) is 5.82 Å². The lowest BCUT2D eigenvalue weighted by atomic mass is 10.1. The molecule has 3 aromatic rings. The number of benzene rings is 1. The monoisotopic (exact) mass is 457 g/mol. The van der Waals surface area contributed by atoms with Gasteiger partial charge < -0.3 is 15.0 Å². The van der Waals surface area contributed by atoms with Crippen LogP contribution in [0.15, 0.2) is 36.8 Å². The van der Waals surface area contributed by atoms with E-state index < -0.39 is 17.8 Å². The number of anilines is 1. The van der Waals surface area contributed by atoms with Gasteiger partial charge in [-0.25, -0.2) is 4.98 Å². The number of imidazole rings is 1. The molecule has 2 N–H and O–H groups in total. The van der Waals surface area contributed by atoms with Crippen LogP contribution < -0.4 is 10.1 Å². The predicted molar refractivity (Wildman–Crippen MR) is 115 cm³/mol. The lowest BCUT2D eigenvalue weighted by Crippen LogP contribution is -2.13. The molecule has 1 aliphatic carbocycles. The number of halogens is 3. The summed E-state index contributed by atoms with van der Waals surface area (Å²) in [4.78, 5) is 18.5. The number of aromatic nitrogens is 4. The Hall–Kier alpha value is -3.74. The summed E-state index contributed by atoms with van der Waals surface area (Å²) in [6, 6.07) is 4.73. The molecule has 10 heteroatoms. The van der Waals surface area contributed by atoms with E-state index >= 15 is 0 Å². The first-order valence-corrected chi connectivity index (χ1v) is 10.5. The normalized spacial score (nSPS) is 14.1. The van der Waals surface area contributed by atoms with Crippen molar-refractivity contribution in [3.63, 3.8) is 0 Å². The van der Waals surface area contributed by atoms with E-state index in [0.717, 1.165) is 19.0 Å². The van der Waals surface area contributed by atoms with Crippen molar-refractivity contribution in [1.82, 2.24) is 19.7 Å². The number of alkyl halides is 3. The summed E-state index contributed by atoms with van der Waals surface area (Å²) in [7, 11) is 1.74. The molecule has 0 radical (unpaired) electrons. The van der Waals surface area contributed by atoms with Crippen molar-refractivity contribution in [2.24, 2.45) is 13.0 Å². The van der Waals surface area contributed by atoms with Gasteiger partial charge in [-0.2, -0.15) is 18.3 Å². The fraction of sp³-hybridized carbons (Fsp3) is 0.348. The van der Waals surface area contributed by atoms with Gasteiger partial charge in [-0.05, 0) is 37.0 Å². The van der Waals surface area contributed by atoms with E-state index in [1.54, 1.807) is 30.1 Å². The maximum atomic E-state index is 12.9. The fourth-order valence-electron chi connectivity index (χ4n) is 3.67. The largest absolute Gasteiger partial charge is 0.491 e. The van der Waals surface area contributed by atoms with Crippen LogP contribution in [-0.4, -0.2) is 32.3 Å². The number of aryl methyl sites for hydroxylation is 1. The van der Waals surface area contributed by atoms with Crippen LogP contribution >= 0.6 is 0 Å². The molecular weight excluding hydrogens is 435 g/mol. The van der Waals surface area contributed by atoms with Crippen LogP contribution in [0.25, 0.3) is 11.4 Å². The Balaban J connectivity index is 1.57. The smallest absolute Gasteiger partial charge is 0.432 e. The van der Waals surface area contributed by atoms with Crippen molar-refractivity contribution < 1.29 is 22.7 Å². The Bertz CT molecular complexity index is 1200. The quantitative estimate of drug-likeness (QED) is 0.557. The summed E-state index contributed by atoms with van der Waals surface area (Å²) < 4.78 is 46.3. The molecule has 0 saturated heterocycles. The highest BCUT2D eigenvalue weighted by Gasteiger charge is 2.33. The molecule has 1 saturated carbocycles. The van der Waals surface area contributed by atoms with E-state index in [2.05, 4.69) is 32.2 Å². The van der Waals surface area contributed by atoms with Crippen LogP contribution in [0.4, 0.5) is 18.9 Å². The molecule has 0 spiro atoms. The van der Waals surface area contributed by atoms with Crippen molar-refractivity contribution in [3.05, 3.63) is 48.0 Å². The number of hydrogen-bond acceptors (Lipinski definition) is 4. The predicted octanol–water partition coefficient (Wildman–Crippen LogP) is 4.39. The Kier molecular flexibility index (Phi) is 6.40. The van der Waals surface area contributed by atoms with E-state index in [4.69, 9.17) is 4.74 Å². The standard InChI is InChI=1S/C23H22F3N5O2/c1-31-13-16(11-28-31)6-9-21(32)29-18-10-17(22-27-12-20(30-22)23(24,25)26)7-8-19(18)33-14-15-4-2-3-5-15/h7-8,10-13,15H,2-5,14H2,1H3,(H,27,30)(H,29,32). The van der Waals surface area contributed by atoms with E-state index in [9.17, 15) is 18.0 Å². The minimum Gasteiger partial charge on any atom is -0.491 e. The molecule has 33 heavy (non-hydrogen) atoms. The van der Waals surface area contributed by atoms with Gasteiger partial charge in [0.15, 0.2) is 0 Å². The number of carbonyl (C=O) groups excluding carboxylic acids is 1. The molecule has 0 bridgehead atoms. The average molecular weight is 457 g/mol. The fourth-order valence-corrected chi connectivity index (χ4v) is 3.67. The summed E-state index contributed by atoms with van der Waals surface area (Å²) in [5, 5.41) is 6.67. The maximum absolute atomic E-state index is 12.9. The first-order chi connectivity index (χ1) is 15.8. The highest BCUT2D eigenvalue weighted by molar-refractivity contribution is 6.05. The Morgan fingerprint density at radius 3 is 2.76 bits per heavy atom. The van der Waals surface area contributed by atoms with Crippen LogP contribution in [0.2, 0.25) is 0 Å². The third-order valence-corrected chi connectivity index (χ3v) is 5.36. The average Bonchev–Trinajstić information content (AvgIpc) is 3.53. The number of rotatable bonds is 5. The van der Waals surface area contributed by atoms with Gasteiger partial charge >= 0.3 is 12.1 Å². The maximum Gasteiger partial charge on any atom is 0.432 e. The molecule has 4 rings (SSSR count). The zero-order valence-electron chi connectivity index (χ0n) is 17.9. The second kappa shape index (κ2) is 9.40. The van der Waals surface area contributed by atoms with Crippen molar-refractivity contribution in [1.29, 1.82) is 0 Å². The van der Waals surface area contributed by atoms with Crippen molar-refractivity contribution in [3.8, 4) is 29.0 Å². The zero-order chi connectivity index (χ0) is 23.4. The minimum atomic E-state index is -4.53. The number of carbonyl (C=O) groups is 1. The zero-order valence-corrected chi connectivity index (χ0v) is 17.9. The van der Waals surface area contributed by atoms with E-state index in [0.29, 0.717) is 35.1 Å². The molecule has 2 heterocycles. The molecule has 1 fully saturated rings. The lowest BCUT2D eigenvalue weighted by Gasteiger charge is -2.15. The van der Waals surface area contributed by atoms with Gasteiger partial charge in [0.05, 0.1) is 30.3 Å². The first kappa shape index (κ1) is 22.5. The minimum absolute atomic E-state index is 0.0293. The third-order valence-electron chi connectivity index (χ3n) is 5.36. The van der Waals surface area contributed by atoms with Gasteiger partial charge in [-0.1, -0.05) is 18.8 Å². The summed E-state index contributed by atoms with van der Waals surface area (Å²) in [6.07, 6.45) is 3.91. The van der Waals surface area contributed by atoms with Crippen LogP contribution in [0.1, 0.15) is 36.9 Å². The van der Waals surface area contributed by atoms with E-state index in [1.807, 2.05) is 0 Å². The van der Waals surface area contributed by atoms with Gasteiger partial charge in [0.25, 0.3) is 0 Å². The number of ether oxygens (including phenoxy) is 1. The number of nitrogens with one attached hydrogen (secondary N) is 2. The number of aromatic amines is 1. The number of hydrogen-bond donors (Lipinski definition) is 2. The van der Waals surface area contributed by atoms with Crippen LogP contribution in [0.5, 0.6) is 5.75 Å². The molecule has 172 valence electrons. The number of nitrogens with zero attached hydrogens (tertiary/aromatic N) is 3. The molecule has 1 aromatic carbocycles. The molecule has 0 unspecified atom stereocenters. The summed E-state index contributed by atoms with van der Waals surface area (Å²) in [5.41, 5.74) is 0.302. The van der Waals surface area contributed by atoms with Crippen molar-refractivity contribution in [2.75, 3.05) is 11.9 Å². The Morgan fingerprint density at radius 2 is 2.09 bits per heavy atom. The Morgan fingerprint density at radius 1 is 1.30 bits per heavy atom. The molecule has 2 aromatic heterocycles. The van der Waals surface area contributed by atoms with Crippen molar-refractivity contribution in [2.45, 2.75) is 31.9 Å². The summed E-state index contributed by atoms with van der Waals surface area (Å²) in [6.45, 7) is 0.503. The van der Waals surface area contributed by atoms with Gasteiger partial charge in [-0.3, -0.25) is 9.48 Å². The SMILES string of the molecule is Cn1cc(C#CC(=O)Nc2cc(-c3ncc(C(F)(F)F)[nH]3)ccc2OCC2CCCC2)cn1. The molecule has 0 aliphatic heterocycles. The van der Waals surface area contributed by atoms with Gasteiger partial charge in [0, 0.05) is 24.7 Å². The second-order valence-electron chi connectivity index (χ2n) is 7.92. The van der Waals surface area contributed by atoms with E-state index in [1.165, 1.54) is 25.1 Å². The number of amides is 1. The van der Waals surface area contributed by atoms with Gasteiger partial charge in [-0.15, -0.1) is 0 Å². The van der Waals surface area contributed by atoms with Crippen LogP contribution in [0.3, 0.4) is 0 Å². The highest BCUT2D eigenvalue weighted by Crippen LogP contribution is 2.34. The third kappa shape index (κ3) is 5.74. The van der Waals surface area contributed by atoms with Crippen LogP contribution in [-0.2, 0) is 18.0 Å². The van der Waals surface area contributed by atoms with Crippen molar-refractivity contribution >= 4 is 11.6 Å². The Labute approximate surface area is 188 Å². The molecular formula is C23H22F3N5O2.